The van der Waals surface area contributed by atoms with Crippen LogP contribution in [0.15, 0.2) is 0 Å². The quantitative estimate of drug-likeness (QED) is 0.647. The normalized spacial score (nSPS) is 38.1. The highest BCUT2D eigenvalue weighted by Gasteiger charge is 2.40. The third-order valence-corrected chi connectivity index (χ3v) is 3.50. The minimum absolute atomic E-state index is 0.0284. The summed E-state index contributed by atoms with van der Waals surface area (Å²) in [5.41, 5.74) is 0. The van der Waals surface area contributed by atoms with Crippen molar-refractivity contribution >= 4 is 0 Å². The maximum absolute atomic E-state index is 5.93. The monoisotopic (exact) mass is 198 g/mol. The minimum Gasteiger partial charge on any atom is -0.350 e. The molecule has 2 bridgehead atoms. The first kappa shape index (κ1) is 10.4. The minimum atomic E-state index is -0.0284. The molecule has 4 atom stereocenters. The maximum atomic E-state index is 5.93. The molecule has 2 saturated carbocycles. The first-order valence-corrected chi connectivity index (χ1v) is 5.96. The molecule has 0 aromatic heterocycles. The molecule has 0 spiro atoms. The Morgan fingerprint density at radius 2 is 1.86 bits per heavy atom. The molecule has 0 amide bonds. The predicted molar refractivity (Wildman–Crippen MR) is 56.0 cm³/mol. The van der Waals surface area contributed by atoms with Crippen molar-refractivity contribution in [1.82, 2.24) is 0 Å². The van der Waals surface area contributed by atoms with Gasteiger partial charge in [0.2, 0.25) is 0 Å². The van der Waals surface area contributed by atoms with Crippen LogP contribution in [0, 0.1) is 11.8 Å². The molecule has 4 unspecified atom stereocenters. The van der Waals surface area contributed by atoms with Gasteiger partial charge in [-0.25, -0.2) is 0 Å². The van der Waals surface area contributed by atoms with Gasteiger partial charge in [-0.1, -0.05) is 0 Å². The van der Waals surface area contributed by atoms with Gasteiger partial charge in [-0.15, -0.1) is 0 Å². The number of hydrogen-bond acceptors (Lipinski definition) is 2. The van der Waals surface area contributed by atoms with Crippen LogP contribution in [-0.2, 0) is 9.47 Å². The van der Waals surface area contributed by atoms with Crippen molar-refractivity contribution in [3.8, 4) is 0 Å². The molecule has 2 rings (SSSR count). The van der Waals surface area contributed by atoms with E-state index in [1.807, 2.05) is 6.92 Å². The van der Waals surface area contributed by atoms with E-state index in [1.54, 1.807) is 0 Å². The van der Waals surface area contributed by atoms with Crippen molar-refractivity contribution in [1.29, 1.82) is 0 Å². The Hall–Kier alpha value is -0.0800. The lowest BCUT2D eigenvalue weighted by atomic mass is 9.98. The molecule has 0 aliphatic heterocycles. The van der Waals surface area contributed by atoms with E-state index < -0.39 is 0 Å². The molecule has 0 aromatic carbocycles. The Morgan fingerprint density at radius 3 is 2.36 bits per heavy atom. The van der Waals surface area contributed by atoms with E-state index in [2.05, 4.69) is 13.8 Å². The molecule has 2 aliphatic carbocycles. The molecule has 0 radical (unpaired) electrons. The number of rotatable bonds is 4. The average Bonchev–Trinajstić information content (AvgIpc) is 2.62. The highest BCUT2D eigenvalue weighted by atomic mass is 16.7. The SMILES string of the molecule is CC(C)OC(C)OC1CC2CCC1C2. The third kappa shape index (κ3) is 2.29. The van der Waals surface area contributed by atoms with Gasteiger partial charge in [0.05, 0.1) is 12.2 Å². The van der Waals surface area contributed by atoms with Crippen molar-refractivity contribution in [3.63, 3.8) is 0 Å². The first-order valence-electron chi connectivity index (χ1n) is 5.96. The summed E-state index contributed by atoms with van der Waals surface area (Å²) in [6.07, 6.45) is 6.22. The zero-order valence-electron chi connectivity index (χ0n) is 9.53. The van der Waals surface area contributed by atoms with Crippen LogP contribution in [0.1, 0.15) is 46.5 Å². The van der Waals surface area contributed by atoms with Crippen molar-refractivity contribution < 1.29 is 9.47 Å². The highest BCUT2D eigenvalue weighted by Crippen LogP contribution is 2.46. The third-order valence-electron chi connectivity index (χ3n) is 3.50. The number of fused-ring (bicyclic) bond motifs is 2. The van der Waals surface area contributed by atoms with Gasteiger partial charge in [-0.3, -0.25) is 0 Å². The van der Waals surface area contributed by atoms with Gasteiger partial charge in [0.1, 0.15) is 0 Å². The number of hydrogen-bond donors (Lipinski definition) is 0. The van der Waals surface area contributed by atoms with Crippen LogP contribution < -0.4 is 0 Å². The van der Waals surface area contributed by atoms with Crippen LogP contribution in [-0.4, -0.2) is 18.5 Å². The molecule has 0 N–H and O–H groups in total. The Balaban J connectivity index is 1.75. The summed E-state index contributed by atoms with van der Waals surface area (Å²) >= 11 is 0. The predicted octanol–water partition coefficient (Wildman–Crippen LogP) is 2.96. The molecule has 0 saturated heterocycles. The van der Waals surface area contributed by atoms with Gasteiger partial charge >= 0.3 is 0 Å². The fraction of sp³-hybridized carbons (Fsp3) is 1.00. The van der Waals surface area contributed by atoms with Crippen molar-refractivity contribution in [2.75, 3.05) is 0 Å². The summed E-state index contributed by atoms with van der Waals surface area (Å²) in [5, 5.41) is 0. The molecule has 2 heteroatoms. The molecular formula is C12H22O2. The first-order chi connectivity index (χ1) is 6.65. The van der Waals surface area contributed by atoms with Crippen molar-refractivity contribution in [2.24, 2.45) is 11.8 Å². The fourth-order valence-corrected chi connectivity index (χ4v) is 3.01. The van der Waals surface area contributed by atoms with E-state index in [0.717, 1.165) is 11.8 Å². The zero-order valence-corrected chi connectivity index (χ0v) is 9.53. The zero-order chi connectivity index (χ0) is 10.1. The molecule has 82 valence electrons. The Morgan fingerprint density at radius 1 is 1.07 bits per heavy atom. The Labute approximate surface area is 87.0 Å². The largest absolute Gasteiger partial charge is 0.350 e. The summed E-state index contributed by atoms with van der Waals surface area (Å²) < 4.78 is 11.5. The van der Waals surface area contributed by atoms with Crippen LogP contribution in [0.3, 0.4) is 0 Å². The smallest absolute Gasteiger partial charge is 0.155 e. The van der Waals surface area contributed by atoms with Gasteiger partial charge in [-0.05, 0) is 58.3 Å². The summed E-state index contributed by atoms with van der Waals surface area (Å²) in [5.74, 6) is 1.79. The Bertz CT molecular complexity index is 191. The lowest BCUT2D eigenvalue weighted by Gasteiger charge is -2.26. The molecule has 0 aromatic rings. The Kier molecular flexibility index (Phi) is 3.13. The van der Waals surface area contributed by atoms with Crippen LogP contribution in [0.4, 0.5) is 0 Å². The molecule has 2 fully saturated rings. The molecule has 0 heterocycles. The van der Waals surface area contributed by atoms with E-state index in [-0.39, 0.29) is 12.4 Å². The van der Waals surface area contributed by atoms with Gasteiger partial charge in [-0.2, -0.15) is 0 Å². The maximum Gasteiger partial charge on any atom is 0.155 e. The standard InChI is InChI=1S/C12H22O2/c1-8(2)13-9(3)14-12-7-10-4-5-11(12)6-10/h8-12H,4-7H2,1-3H3. The van der Waals surface area contributed by atoms with Gasteiger partial charge in [0.15, 0.2) is 6.29 Å². The summed E-state index contributed by atoms with van der Waals surface area (Å²) in [7, 11) is 0. The van der Waals surface area contributed by atoms with E-state index in [4.69, 9.17) is 9.47 Å². The lowest BCUT2D eigenvalue weighted by molar-refractivity contribution is -0.186. The van der Waals surface area contributed by atoms with Crippen molar-refractivity contribution in [3.05, 3.63) is 0 Å². The van der Waals surface area contributed by atoms with Crippen LogP contribution in [0.5, 0.6) is 0 Å². The molecule has 2 nitrogen and oxygen atoms in total. The average molecular weight is 198 g/mol. The summed E-state index contributed by atoms with van der Waals surface area (Å²) in [4.78, 5) is 0. The molecule has 2 aliphatic rings. The van der Waals surface area contributed by atoms with Gasteiger partial charge < -0.3 is 9.47 Å². The number of ether oxygens (including phenoxy) is 2. The highest BCUT2D eigenvalue weighted by molar-refractivity contribution is 4.90. The van der Waals surface area contributed by atoms with Crippen LogP contribution in [0.25, 0.3) is 0 Å². The summed E-state index contributed by atoms with van der Waals surface area (Å²) in [6, 6.07) is 0. The van der Waals surface area contributed by atoms with Crippen molar-refractivity contribution in [2.45, 2.75) is 65.0 Å². The van der Waals surface area contributed by atoms with E-state index >= 15 is 0 Å². The fourth-order valence-electron chi connectivity index (χ4n) is 3.01. The second-order valence-corrected chi connectivity index (χ2v) is 5.10. The molecular weight excluding hydrogens is 176 g/mol. The van der Waals surface area contributed by atoms with Crippen LogP contribution >= 0.6 is 0 Å². The van der Waals surface area contributed by atoms with Gasteiger partial charge in [0, 0.05) is 0 Å². The second-order valence-electron chi connectivity index (χ2n) is 5.10. The molecule has 14 heavy (non-hydrogen) atoms. The second kappa shape index (κ2) is 4.19. The summed E-state index contributed by atoms with van der Waals surface area (Å²) in [6.45, 7) is 6.13. The van der Waals surface area contributed by atoms with E-state index in [1.165, 1.54) is 25.7 Å². The van der Waals surface area contributed by atoms with Crippen LogP contribution in [0.2, 0.25) is 0 Å². The van der Waals surface area contributed by atoms with E-state index in [9.17, 15) is 0 Å². The lowest BCUT2D eigenvalue weighted by Crippen LogP contribution is -2.28. The topological polar surface area (TPSA) is 18.5 Å². The van der Waals surface area contributed by atoms with Gasteiger partial charge in [0.25, 0.3) is 0 Å². The van der Waals surface area contributed by atoms with E-state index in [0.29, 0.717) is 6.10 Å².